The van der Waals surface area contributed by atoms with E-state index in [0.29, 0.717) is 5.52 Å². The maximum Gasteiger partial charge on any atom is 0.147 e. The maximum atomic E-state index is 13.8. The quantitative estimate of drug-likeness (QED) is 0.458. The fraction of sp³-hybridized carbons (Fsp3) is 0. The lowest BCUT2D eigenvalue weighted by Crippen LogP contribution is -1.75. The number of aromatic amines is 1. The molecule has 3 aromatic carbocycles. The third-order valence-electron chi connectivity index (χ3n) is 3.48. The van der Waals surface area contributed by atoms with Crippen LogP contribution in [0.1, 0.15) is 0 Å². The summed E-state index contributed by atoms with van der Waals surface area (Å²) in [5, 5.41) is 4.31. The first-order chi connectivity index (χ1) is 8.84. The lowest BCUT2D eigenvalue weighted by Gasteiger charge is -1.98. The van der Waals surface area contributed by atoms with E-state index in [1.54, 1.807) is 6.07 Å². The Balaban J connectivity index is 2.33. The SMILES string of the molecule is Fc1cccc2c1[nH]c1c3ccccc3ccc21. The number of rotatable bonds is 0. The smallest absolute Gasteiger partial charge is 0.147 e. The molecule has 0 unspecified atom stereocenters. The summed E-state index contributed by atoms with van der Waals surface area (Å²) in [6.45, 7) is 0. The summed E-state index contributed by atoms with van der Waals surface area (Å²) < 4.78 is 13.8. The molecule has 86 valence electrons. The van der Waals surface area contributed by atoms with Crippen LogP contribution in [0.25, 0.3) is 32.6 Å². The van der Waals surface area contributed by atoms with Crippen LogP contribution in [0.5, 0.6) is 0 Å². The summed E-state index contributed by atoms with van der Waals surface area (Å²) in [4.78, 5) is 3.21. The molecule has 0 amide bonds. The zero-order valence-corrected chi connectivity index (χ0v) is 9.57. The van der Waals surface area contributed by atoms with Crippen LogP contribution < -0.4 is 0 Å². The second-order valence-corrected chi connectivity index (χ2v) is 4.50. The van der Waals surface area contributed by atoms with Crippen molar-refractivity contribution in [1.29, 1.82) is 0 Å². The minimum absolute atomic E-state index is 0.201. The normalized spacial score (nSPS) is 11.6. The number of benzene rings is 3. The van der Waals surface area contributed by atoms with E-state index in [9.17, 15) is 4.39 Å². The maximum absolute atomic E-state index is 13.8. The lowest BCUT2D eigenvalue weighted by molar-refractivity contribution is 0.637. The summed E-state index contributed by atoms with van der Waals surface area (Å²) in [6, 6.07) is 17.5. The Morgan fingerprint density at radius 1 is 0.667 bits per heavy atom. The summed E-state index contributed by atoms with van der Waals surface area (Å²) >= 11 is 0. The van der Waals surface area contributed by atoms with Crippen molar-refractivity contribution in [2.45, 2.75) is 0 Å². The van der Waals surface area contributed by atoms with Gasteiger partial charge in [0.05, 0.1) is 11.0 Å². The molecule has 0 spiro atoms. The van der Waals surface area contributed by atoms with Gasteiger partial charge in [-0.15, -0.1) is 0 Å². The molecule has 0 saturated heterocycles. The highest BCUT2D eigenvalue weighted by Crippen LogP contribution is 2.31. The van der Waals surface area contributed by atoms with Gasteiger partial charge in [-0.3, -0.25) is 0 Å². The predicted molar refractivity (Wildman–Crippen MR) is 73.3 cm³/mol. The number of aromatic nitrogens is 1. The molecule has 1 aromatic heterocycles. The van der Waals surface area contributed by atoms with Gasteiger partial charge in [0.15, 0.2) is 0 Å². The number of hydrogen-bond acceptors (Lipinski definition) is 0. The summed E-state index contributed by atoms with van der Waals surface area (Å²) in [7, 11) is 0. The zero-order valence-electron chi connectivity index (χ0n) is 9.57. The molecule has 2 heteroatoms. The minimum Gasteiger partial charge on any atom is -0.352 e. The molecular formula is C16H10FN. The van der Waals surface area contributed by atoms with Crippen molar-refractivity contribution in [3.8, 4) is 0 Å². The van der Waals surface area contributed by atoms with Gasteiger partial charge in [0.1, 0.15) is 5.82 Å². The average molecular weight is 235 g/mol. The first-order valence-electron chi connectivity index (χ1n) is 5.92. The van der Waals surface area contributed by atoms with E-state index in [0.717, 1.165) is 27.1 Å². The fourth-order valence-electron chi connectivity index (χ4n) is 2.63. The van der Waals surface area contributed by atoms with E-state index in [2.05, 4.69) is 29.2 Å². The first-order valence-corrected chi connectivity index (χ1v) is 5.92. The molecule has 0 aliphatic carbocycles. The van der Waals surface area contributed by atoms with E-state index < -0.39 is 0 Å². The molecule has 0 saturated carbocycles. The predicted octanol–water partition coefficient (Wildman–Crippen LogP) is 4.61. The van der Waals surface area contributed by atoms with Crippen molar-refractivity contribution in [3.05, 3.63) is 60.4 Å². The monoisotopic (exact) mass is 235 g/mol. The largest absolute Gasteiger partial charge is 0.352 e. The summed E-state index contributed by atoms with van der Waals surface area (Å²) in [6.07, 6.45) is 0. The van der Waals surface area contributed by atoms with Gasteiger partial charge in [-0.1, -0.05) is 48.5 Å². The van der Waals surface area contributed by atoms with Crippen molar-refractivity contribution in [2.24, 2.45) is 0 Å². The van der Waals surface area contributed by atoms with Gasteiger partial charge >= 0.3 is 0 Å². The van der Waals surface area contributed by atoms with Crippen molar-refractivity contribution in [2.75, 3.05) is 0 Å². The van der Waals surface area contributed by atoms with Crippen LogP contribution in [-0.4, -0.2) is 4.98 Å². The molecule has 0 bridgehead atoms. The second-order valence-electron chi connectivity index (χ2n) is 4.50. The molecule has 4 rings (SSSR count). The van der Waals surface area contributed by atoms with Gasteiger partial charge in [0.2, 0.25) is 0 Å². The molecule has 0 radical (unpaired) electrons. The number of nitrogens with one attached hydrogen (secondary N) is 1. The van der Waals surface area contributed by atoms with Crippen molar-refractivity contribution in [3.63, 3.8) is 0 Å². The number of halogens is 1. The first kappa shape index (κ1) is 9.66. The molecule has 1 heterocycles. The van der Waals surface area contributed by atoms with Gasteiger partial charge in [-0.05, 0) is 11.5 Å². The Morgan fingerprint density at radius 2 is 1.44 bits per heavy atom. The highest BCUT2D eigenvalue weighted by Gasteiger charge is 2.09. The van der Waals surface area contributed by atoms with Crippen LogP contribution in [0.15, 0.2) is 54.6 Å². The topological polar surface area (TPSA) is 15.8 Å². The highest BCUT2D eigenvalue weighted by molar-refractivity contribution is 6.16. The molecule has 0 aliphatic heterocycles. The van der Waals surface area contributed by atoms with Gasteiger partial charge < -0.3 is 4.98 Å². The third-order valence-corrected chi connectivity index (χ3v) is 3.48. The molecule has 0 atom stereocenters. The van der Waals surface area contributed by atoms with Crippen LogP contribution in [0, 0.1) is 5.82 Å². The van der Waals surface area contributed by atoms with Crippen molar-refractivity contribution < 1.29 is 4.39 Å². The van der Waals surface area contributed by atoms with Gasteiger partial charge in [-0.25, -0.2) is 4.39 Å². The number of para-hydroxylation sites is 1. The Morgan fingerprint density at radius 3 is 2.39 bits per heavy atom. The standard InChI is InChI=1S/C16H10FN/c17-14-7-3-6-12-13-9-8-10-4-1-2-5-11(10)15(13)18-16(12)14/h1-9,18H. The highest BCUT2D eigenvalue weighted by atomic mass is 19.1. The van der Waals surface area contributed by atoms with E-state index >= 15 is 0 Å². The number of hydrogen-bond donors (Lipinski definition) is 1. The van der Waals surface area contributed by atoms with E-state index in [-0.39, 0.29) is 5.82 Å². The van der Waals surface area contributed by atoms with E-state index in [1.807, 2.05) is 18.2 Å². The second kappa shape index (κ2) is 3.33. The fourth-order valence-corrected chi connectivity index (χ4v) is 2.63. The molecule has 18 heavy (non-hydrogen) atoms. The number of fused-ring (bicyclic) bond motifs is 5. The Kier molecular flexibility index (Phi) is 1.78. The summed E-state index contributed by atoms with van der Waals surface area (Å²) in [5.74, 6) is -0.201. The lowest BCUT2D eigenvalue weighted by atomic mass is 10.1. The van der Waals surface area contributed by atoms with Crippen LogP contribution >= 0.6 is 0 Å². The molecular weight excluding hydrogens is 225 g/mol. The van der Waals surface area contributed by atoms with Crippen LogP contribution in [0.2, 0.25) is 0 Å². The van der Waals surface area contributed by atoms with E-state index in [4.69, 9.17) is 0 Å². The van der Waals surface area contributed by atoms with E-state index in [1.165, 1.54) is 6.07 Å². The van der Waals surface area contributed by atoms with Gasteiger partial charge in [0.25, 0.3) is 0 Å². The Hall–Kier alpha value is -2.35. The molecule has 4 aromatic rings. The van der Waals surface area contributed by atoms with Gasteiger partial charge in [-0.2, -0.15) is 0 Å². The molecule has 0 aliphatic rings. The van der Waals surface area contributed by atoms with Gasteiger partial charge in [0, 0.05) is 16.2 Å². The van der Waals surface area contributed by atoms with Crippen LogP contribution in [0.3, 0.4) is 0 Å². The van der Waals surface area contributed by atoms with Crippen molar-refractivity contribution >= 4 is 32.6 Å². The molecule has 1 nitrogen and oxygen atoms in total. The third kappa shape index (κ3) is 1.15. The minimum atomic E-state index is -0.201. The van der Waals surface area contributed by atoms with Crippen molar-refractivity contribution in [1.82, 2.24) is 4.98 Å². The zero-order chi connectivity index (χ0) is 12.1. The Bertz CT molecular complexity index is 889. The Labute approximate surface area is 103 Å². The molecule has 1 N–H and O–H groups in total. The number of H-pyrrole nitrogens is 1. The average Bonchev–Trinajstić information content (AvgIpc) is 2.79. The van der Waals surface area contributed by atoms with Crippen LogP contribution in [-0.2, 0) is 0 Å². The molecule has 0 fully saturated rings. The summed E-state index contributed by atoms with van der Waals surface area (Å²) in [5.41, 5.74) is 1.59. The van der Waals surface area contributed by atoms with Crippen LogP contribution in [0.4, 0.5) is 4.39 Å².